The number of allylic oxidation sites excluding steroid dienone is 2. The highest BCUT2D eigenvalue weighted by atomic mass is 31.2. The van der Waals surface area contributed by atoms with Gasteiger partial charge in [0.1, 0.15) is 0 Å². The van der Waals surface area contributed by atoms with E-state index < -0.39 is 6.89 Å². The molecule has 1 atom stereocenters. The van der Waals surface area contributed by atoms with Crippen molar-refractivity contribution >= 4 is 17.6 Å². The van der Waals surface area contributed by atoms with Crippen molar-refractivity contribution < 1.29 is 0 Å². The zero-order valence-corrected chi connectivity index (χ0v) is 9.73. The molecule has 1 aliphatic heterocycles. The second-order valence-electron chi connectivity index (χ2n) is 3.82. The molecule has 0 radical (unpaired) electrons. The van der Waals surface area contributed by atoms with Crippen LogP contribution in [0.25, 0.3) is 0 Å². The van der Waals surface area contributed by atoms with Crippen LogP contribution < -0.4 is 5.30 Å². The summed E-state index contributed by atoms with van der Waals surface area (Å²) in [6, 6.07) is 10.6. The Morgan fingerprint density at radius 1 is 1.14 bits per heavy atom. The van der Waals surface area contributed by atoms with Crippen molar-refractivity contribution in [3.8, 4) is 0 Å². The van der Waals surface area contributed by atoms with E-state index in [0.29, 0.717) is 0 Å². The highest BCUT2D eigenvalue weighted by Crippen LogP contribution is 2.46. The van der Waals surface area contributed by atoms with Crippen LogP contribution in [-0.4, -0.2) is 12.1 Å². The van der Waals surface area contributed by atoms with Crippen molar-refractivity contribution in [2.45, 2.75) is 13.8 Å². The fourth-order valence-corrected chi connectivity index (χ4v) is 4.48. The molecule has 0 aromatic heterocycles. The Balaban J connectivity index is 2.63. The predicted octanol–water partition coefficient (Wildman–Crippen LogP) is 3.03. The molecular weight excluding hydrogens is 187 g/mol. The fraction of sp³-hybridized carbons (Fsp3) is 0.231. The first kappa shape index (κ1) is 9.59. The van der Waals surface area contributed by atoms with Crippen LogP contribution in [0.4, 0.5) is 0 Å². The Bertz CT molecular complexity index is 471. The van der Waals surface area contributed by atoms with E-state index in [-0.39, 0.29) is 0 Å². The van der Waals surface area contributed by atoms with Crippen molar-refractivity contribution in [1.82, 2.24) is 0 Å². The predicted molar refractivity (Wildman–Crippen MR) is 65.5 cm³/mol. The fourth-order valence-electron chi connectivity index (χ4n) is 1.72. The monoisotopic (exact) mass is 201 g/mol. The van der Waals surface area contributed by atoms with Gasteiger partial charge in [0, 0.05) is 0 Å². The number of benzene rings is 1. The highest BCUT2D eigenvalue weighted by Gasteiger charge is 2.06. The minimum Gasteiger partial charge on any atom is -0.231 e. The third-order valence-corrected chi connectivity index (χ3v) is 5.51. The summed E-state index contributed by atoms with van der Waals surface area (Å²) in [5, 5.41) is 1.37. The molecule has 0 aliphatic carbocycles. The normalized spacial score (nSPS) is 25.4. The molecule has 1 aromatic rings. The maximum Gasteiger partial charge on any atom is -0.0321 e. The second kappa shape index (κ2) is 3.31. The number of hydrogen-bond donors (Lipinski definition) is 0. The van der Waals surface area contributed by atoms with Gasteiger partial charge in [-0.25, -0.2) is 16.8 Å². The minimum absolute atomic E-state index is 1.27. The Morgan fingerprint density at radius 2 is 1.79 bits per heavy atom. The summed E-state index contributed by atoms with van der Waals surface area (Å²) in [7, 11) is 0. The van der Waals surface area contributed by atoms with Crippen molar-refractivity contribution in [2.75, 3.05) is 6.66 Å². The smallest absolute Gasteiger partial charge is 0.0321 e. The van der Waals surface area contributed by atoms with Crippen LogP contribution in [0.3, 0.4) is 0 Å². The van der Waals surface area contributed by atoms with Gasteiger partial charge in [-0.2, -0.15) is 5.57 Å². The lowest BCUT2D eigenvalue weighted by Crippen LogP contribution is -2.00. The quantitative estimate of drug-likeness (QED) is 0.484. The summed E-state index contributed by atoms with van der Waals surface area (Å²) >= 11 is 0. The van der Waals surface area contributed by atoms with Gasteiger partial charge < -0.3 is 0 Å². The van der Waals surface area contributed by atoms with E-state index in [4.69, 9.17) is 0 Å². The molecule has 0 nitrogen and oxygen atoms in total. The molecule has 1 unspecified atom stereocenters. The largest absolute Gasteiger partial charge is 0.231 e. The molecule has 72 valence electrons. The van der Waals surface area contributed by atoms with E-state index in [9.17, 15) is 0 Å². The SMILES string of the molecule is CC1=C=P(C)(c2ccccc2)[C-]=C1C. The number of hydrogen-bond acceptors (Lipinski definition) is 0. The third-order valence-electron chi connectivity index (χ3n) is 2.62. The van der Waals surface area contributed by atoms with Gasteiger partial charge in [-0.1, -0.05) is 44.2 Å². The van der Waals surface area contributed by atoms with Gasteiger partial charge in [0.2, 0.25) is 0 Å². The summed E-state index contributed by atoms with van der Waals surface area (Å²) in [4.78, 5) is 0. The summed E-state index contributed by atoms with van der Waals surface area (Å²) in [5.74, 6) is 3.58. The van der Waals surface area contributed by atoms with Crippen molar-refractivity contribution in [1.29, 1.82) is 0 Å². The molecule has 0 N–H and O–H groups in total. The molecule has 0 fully saturated rings. The minimum atomic E-state index is -1.36. The van der Waals surface area contributed by atoms with E-state index in [1.165, 1.54) is 16.5 Å². The molecule has 1 aliphatic rings. The first-order valence-electron chi connectivity index (χ1n) is 4.78. The molecule has 0 saturated carbocycles. The lowest BCUT2D eigenvalue weighted by atomic mass is 10.2. The molecule has 0 bridgehead atoms. The standard InChI is InChI=1S/C13H14P/c1-11-9-14(3,10-12(11)2)13-7-5-4-6-8-13/h4-8H,1-3H3/q-1. The Labute approximate surface area is 85.9 Å². The Morgan fingerprint density at radius 3 is 2.29 bits per heavy atom. The van der Waals surface area contributed by atoms with E-state index in [2.05, 4.69) is 62.1 Å². The average molecular weight is 201 g/mol. The average Bonchev–Trinajstić information content (AvgIpc) is 2.44. The molecule has 1 heteroatoms. The van der Waals surface area contributed by atoms with Crippen molar-refractivity contribution in [2.24, 2.45) is 0 Å². The van der Waals surface area contributed by atoms with E-state index >= 15 is 0 Å². The van der Waals surface area contributed by atoms with Crippen LogP contribution in [-0.2, 0) is 0 Å². The van der Waals surface area contributed by atoms with Crippen LogP contribution in [0, 0.1) is 5.82 Å². The highest BCUT2D eigenvalue weighted by molar-refractivity contribution is 7.82. The zero-order chi connectivity index (χ0) is 10.2. The maximum atomic E-state index is 3.58. The molecule has 2 rings (SSSR count). The van der Waals surface area contributed by atoms with Gasteiger partial charge in [0.15, 0.2) is 0 Å². The zero-order valence-electron chi connectivity index (χ0n) is 8.83. The molecule has 1 heterocycles. The van der Waals surface area contributed by atoms with Crippen LogP contribution >= 0.6 is 6.89 Å². The van der Waals surface area contributed by atoms with Crippen molar-refractivity contribution in [3.05, 3.63) is 47.3 Å². The molecule has 0 saturated heterocycles. The summed E-state index contributed by atoms with van der Waals surface area (Å²) in [6.07, 6.45) is 0. The van der Waals surface area contributed by atoms with Gasteiger partial charge >= 0.3 is 0 Å². The van der Waals surface area contributed by atoms with E-state index in [1.54, 1.807) is 0 Å². The van der Waals surface area contributed by atoms with Gasteiger partial charge in [-0.05, 0) is 12.0 Å². The van der Waals surface area contributed by atoms with E-state index in [0.717, 1.165) is 0 Å². The Hall–Kier alpha value is -0.960. The molecule has 0 amide bonds. The first-order valence-corrected chi connectivity index (χ1v) is 7.01. The first-order chi connectivity index (χ1) is 6.62. The molecule has 0 spiro atoms. The molecular formula is C13H14P-. The van der Waals surface area contributed by atoms with Crippen LogP contribution in [0.5, 0.6) is 0 Å². The summed E-state index contributed by atoms with van der Waals surface area (Å²) in [6.45, 7) is 5.15. The lowest BCUT2D eigenvalue weighted by molar-refractivity contribution is 1.40. The Kier molecular flexibility index (Phi) is 2.27. The van der Waals surface area contributed by atoms with Crippen LogP contribution in [0.2, 0.25) is 0 Å². The summed E-state index contributed by atoms with van der Waals surface area (Å²) in [5.41, 5.74) is 6.11. The topological polar surface area (TPSA) is 0 Å². The third kappa shape index (κ3) is 1.52. The maximum absolute atomic E-state index is 3.58. The summed E-state index contributed by atoms with van der Waals surface area (Å²) < 4.78 is 0. The van der Waals surface area contributed by atoms with Gasteiger partial charge in [0.25, 0.3) is 0 Å². The molecule has 1 aromatic carbocycles. The van der Waals surface area contributed by atoms with Crippen LogP contribution in [0.15, 0.2) is 41.5 Å². The second-order valence-corrected chi connectivity index (χ2v) is 6.79. The van der Waals surface area contributed by atoms with Gasteiger partial charge in [0.05, 0.1) is 0 Å². The van der Waals surface area contributed by atoms with Gasteiger partial charge in [-0.15, -0.1) is 6.89 Å². The number of rotatable bonds is 1. The lowest BCUT2D eigenvalue weighted by Gasteiger charge is -2.19. The van der Waals surface area contributed by atoms with E-state index in [1.807, 2.05) is 0 Å². The van der Waals surface area contributed by atoms with Crippen molar-refractivity contribution in [3.63, 3.8) is 0 Å². The van der Waals surface area contributed by atoms with Gasteiger partial charge in [-0.3, -0.25) is 0 Å². The van der Waals surface area contributed by atoms with Crippen LogP contribution in [0.1, 0.15) is 13.8 Å². The molecule has 14 heavy (non-hydrogen) atoms.